The zero-order chi connectivity index (χ0) is 15.9. The van der Waals surface area contributed by atoms with E-state index in [0.717, 1.165) is 5.56 Å². The Balaban J connectivity index is 2.02. The fraction of sp³-hybridized carbons (Fsp3) is 0.188. The van der Waals surface area contributed by atoms with Crippen molar-refractivity contribution < 1.29 is 19.0 Å². The van der Waals surface area contributed by atoms with E-state index in [1.165, 1.54) is 7.11 Å². The molecule has 2 aromatic rings. The fourth-order valence-electron chi connectivity index (χ4n) is 1.82. The molecule has 2 aromatic carbocycles. The first-order chi connectivity index (χ1) is 10.6. The van der Waals surface area contributed by atoms with E-state index < -0.39 is 6.09 Å². The van der Waals surface area contributed by atoms with Crippen LogP contribution >= 0.6 is 15.9 Å². The summed E-state index contributed by atoms with van der Waals surface area (Å²) < 4.78 is 16.2. The molecule has 0 saturated heterocycles. The molecule has 1 amide bonds. The molecule has 0 saturated carbocycles. The Kier molecular flexibility index (Phi) is 5.66. The first kappa shape index (κ1) is 16.2. The van der Waals surface area contributed by atoms with Crippen molar-refractivity contribution in [3.05, 3.63) is 52.5 Å². The van der Waals surface area contributed by atoms with E-state index in [9.17, 15) is 4.79 Å². The Bertz CT molecular complexity index is 646. The van der Waals surface area contributed by atoms with Crippen molar-refractivity contribution in [2.24, 2.45) is 0 Å². The topological polar surface area (TPSA) is 56.8 Å². The summed E-state index contributed by atoms with van der Waals surface area (Å²) in [6.45, 7) is 0.206. The zero-order valence-electron chi connectivity index (χ0n) is 12.3. The molecule has 0 aliphatic carbocycles. The summed E-state index contributed by atoms with van der Waals surface area (Å²) in [6, 6.07) is 12.8. The maximum absolute atomic E-state index is 11.9. The Hall–Kier alpha value is -2.21. The summed E-state index contributed by atoms with van der Waals surface area (Å²) in [5.74, 6) is 1.08. The molecule has 5 nitrogen and oxygen atoms in total. The predicted octanol–water partition coefficient (Wildman–Crippen LogP) is 4.22. The van der Waals surface area contributed by atoms with Crippen molar-refractivity contribution in [3.8, 4) is 11.5 Å². The van der Waals surface area contributed by atoms with E-state index in [1.54, 1.807) is 19.2 Å². The molecule has 0 bridgehead atoms. The monoisotopic (exact) mass is 365 g/mol. The molecule has 0 atom stereocenters. The number of anilines is 1. The summed E-state index contributed by atoms with van der Waals surface area (Å²) in [7, 11) is 3.08. The molecule has 6 heteroatoms. The van der Waals surface area contributed by atoms with E-state index >= 15 is 0 Å². The second-order valence-electron chi connectivity index (χ2n) is 4.37. The van der Waals surface area contributed by atoms with Crippen LogP contribution in [-0.2, 0) is 11.3 Å². The second kappa shape index (κ2) is 7.70. The fourth-order valence-corrected chi connectivity index (χ4v) is 2.24. The van der Waals surface area contributed by atoms with Crippen molar-refractivity contribution in [1.29, 1.82) is 0 Å². The number of methoxy groups -OCH3 is 2. The van der Waals surface area contributed by atoms with Crippen LogP contribution in [0.25, 0.3) is 0 Å². The molecule has 0 fully saturated rings. The number of hydrogen-bond donors (Lipinski definition) is 1. The summed E-state index contributed by atoms with van der Waals surface area (Å²) >= 11 is 3.37. The molecule has 0 unspecified atom stereocenters. The first-order valence-electron chi connectivity index (χ1n) is 6.53. The minimum absolute atomic E-state index is 0.206. The lowest BCUT2D eigenvalue weighted by atomic mass is 10.2. The normalized spacial score (nSPS) is 9.95. The predicted molar refractivity (Wildman–Crippen MR) is 87.5 cm³/mol. The maximum atomic E-state index is 11.9. The Morgan fingerprint density at radius 3 is 2.36 bits per heavy atom. The number of hydrogen-bond acceptors (Lipinski definition) is 4. The molecule has 0 spiro atoms. The van der Waals surface area contributed by atoms with Crippen molar-refractivity contribution in [2.75, 3.05) is 19.5 Å². The third-order valence-corrected chi connectivity index (χ3v) is 3.58. The lowest BCUT2D eigenvalue weighted by Gasteiger charge is -2.13. The highest BCUT2D eigenvalue weighted by Crippen LogP contribution is 2.36. The van der Waals surface area contributed by atoms with Crippen LogP contribution in [0, 0.1) is 0 Å². The minimum atomic E-state index is -0.545. The number of carbonyl (C=O) groups excluding carboxylic acids is 1. The van der Waals surface area contributed by atoms with Gasteiger partial charge in [-0.15, -0.1) is 0 Å². The average molecular weight is 366 g/mol. The molecule has 1 N–H and O–H groups in total. The molecule has 0 aromatic heterocycles. The highest BCUT2D eigenvalue weighted by Gasteiger charge is 2.12. The van der Waals surface area contributed by atoms with Gasteiger partial charge in [-0.05, 0) is 21.5 Å². The van der Waals surface area contributed by atoms with Crippen LogP contribution in [0.2, 0.25) is 0 Å². The minimum Gasteiger partial charge on any atom is -0.493 e. The summed E-state index contributed by atoms with van der Waals surface area (Å²) in [4.78, 5) is 11.9. The van der Waals surface area contributed by atoms with E-state index in [2.05, 4.69) is 21.2 Å². The molecule has 0 aliphatic rings. The van der Waals surface area contributed by atoms with Gasteiger partial charge >= 0.3 is 6.09 Å². The lowest BCUT2D eigenvalue weighted by molar-refractivity contribution is 0.155. The molecule has 22 heavy (non-hydrogen) atoms. The van der Waals surface area contributed by atoms with Gasteiger partial charge in [-0.1, -0.05) is 30.3 Å². The van der Waals surface area contributed by atoms with Gasteiger partial charge in [0.1, 0.15) is 6.61 Å². The summed E-state index contributed by atoms with van der Waals surface area (Å²) in [6.07, 6.45) is -0.545. The highest BCUT2D eigenvalue weighted by atomic mass is 79.9. The molecule has 2 rings (SSSR count). The van der Waals surface area contributed by atoms with Crippen LogP contribution in [0.15, 0.2) is 46.9 Å². The van der Waals surface area contributed by atoms with Gasteiger partial charge in [0.2, 0.25) is 0 Å². The number of halogens is 1. The lowest BCUT2D eigenvalue weighted by Crippen LogP contribution is -2.14. The summed E-state index contributed by atoms with van der Waals surface area (Å²) in [5.41, 5.74) is 1.46. The third kappa shape index (κ3) is 4.14. The van der Waals surface area contributed by atoms with E-state index in [4.69, 9.17) is 14.2 Å². The Labute approximate surface area is 137 Å². The molecule has 0 radical (unpaired) electrons. The van der Waals surface area contributed by atoms with Gasteiger partial charge < -0.3 is 14.2 Å². The second-order valence-corrected chi connectivity index (χ2v) is 5.23. The molecular formula is C16H16BrNO4. The highest BCUT2D eigenvalue weighted by molar-refractivity contribution is 9.10. The molecule has 116 valence electrons. The maximum Gasteiger partial charge on any atom is 0.411 e. The van der Waals surface area contributed by atoms with Crippen molar-refractivity contribution in [1.82, 2.24) is 0 Å². The largest absolute Gasteiger partial charge is 0.493 e. The van der Waals surface area contributed by atoms with Crippen LogP contribution in [0.4, 0.5) is 10.5 Å². The van der Waals surface area contributed by atoms with Crippen molar-refractivity contribution in [3.63, 3.8) is 0 Å². The van der Waals surface area contributed by atoms with Crippen LogP contribution in [0.3, 0.4) is 0 Å². The third-order valence-electron chi connectivity index (χ3n) is 2.92. The van der Waals surface area contributed by atoms with Gasteiger partial charge in [-0.25, -0.2) is 4.79 Å². The molecule has 0 aliphatic heterocycles. The quantitative estimate of drug-likeness (QED) is 0.861. The van der Waals surface area contributed by atoms with Gasteiger partial charge in [0.05, 0.1) is 19.9 Å². The van der Waals surface area contributed by atoms with E-state index in [1.807, 2.05) is 30.3 Å². The smallest absolute Gasteiger partial charge is 0.411 e. The average Bonchev–Trinajstić information content (AvgIpc) is 2.55. The Morgan fingerprint density at radius 2 is 1.73 bits per heavy atom. The number of carbonyl (C=O) groups is 1. The van der Waals surface area contributed by atoms with Gasteiger partial charge in [-0.2, -0.15) is 0 Å². The van der Waals surface area contributed by atoms with Gasteiger partial charge in [0.25, 0.3) is 0 Å². The standard InChI is InChI=1S/C16H16BrNO4/c1-20-14-8-12(17)13(9-15(14)21-2)18-16(19)22-10-11-6-4-3-5-7-11/h3-9H,10H2,1-2H3,(H,18,19). The van der Waals surface area contributed by atoms with Crippen LogP contribution in [0.5, 0.6) is 11.5 Å². The van der Waals surface area contributed by atoms with Crippen molar-refractivity contribution in [2.45, 2.75) is 6.61 Å². The number of nitrogens with one attached hydrogen (secondary N) is 1. The van der Waals surface area contributed by atoms with Gasteiger partial charge in [0.15, 0.2) is 11.5 Å². The Morgan fingerprint density at radius 1 is 1.09 bits per heavy atom. The summed E-state index contributed by atoms with van der Waals surface area (Å²) in [5, 5.41) is 2.66. The zero-order valence-corrected chi connectivity index (χ0v) is 13.8. The van der Waals surface area contributed by atoms with Crippen LogP contribution < -0.4 is 14.8 Å². The first-order valence-corrected chi connectivity index (χ1v) is 7.32. The number of amides is 1. The van der Waals surface area contributed by atoms with Gasteiger partial charge in [0, 0.05) is 16.6 Å². The molecule has 0 heterocycles. The van der Waals surface area contributed by atoms with E-state index in [-0.39, 0.29) is 6.61 Å². The number of rotatable bonds is 5. The molecular weight excluding hydrogens is 350 g/mol. The van der Waals surface area contributed by atoms with Crippen LogP contribution in [0.1, 0.15) is 5.56 Å². The number of ether oxygens (including phenoxy) is 3. The SMILES string of the molecule is COc1cc(Br)c(NC(=O)OCc2ccccc2)cc1OC. The number of benzene rings is 2. The van der Waals surface area contributed by atoms with Crippen LogP contribution in [-0.4, -0.2) is 20.3 Å². The van der Waals surface area contributed by atoms with Gasteiger partial charge in [-0.3, -0.25) is 5.32 Å². The van der Waals surface area contributed by atoms with Crippen molar-refractivity contribution >= 4 is 27.7 Å². The van der Waals surface area contributed by atoms with E-state index in [0.29, 0.717) is 21.7 Å².